The van der Waals surface area contributed by atoms with Gasteiger partial charge in [0.25, 0.3) is 0 Å². The molecule has 0 aromatic heterocycles. The Morgan fingerprint density at radius 3 is 2.43 bits per heavy atom. The second kappa shape index (κ2) is 4.21. The lowest BCUT2D eigenvalue weighted by Gasteiger charge is -2.28. The fourth-order valence-electron chi connectivity index (χ4n) is 1.80. The van der Waals surface area contributed by atoms with Gasteiger partial charge in [0.05, 0.1) is 0 Å². The summed E-state index contributed by atoms with van der Waals surface area (Å²) in [5.41, 5.74) is 5.33. The highest BCUT2D eigenvalue weighted by Gasteiger charge is 2.35. The number of carboxylic acids is 1. The van der Waals surface area contributed by atoms with Crippen molar-refractivity contribution < 1.29 is 18.7 Å². The van der Waals surface area contributed by atoms with Crippen molar-refractivity contribution in [3.8, 4) is 0 Å². The van der Waals surface area contributed by atoms with Crippen molar-refractivity contribution in [3.63, 3.8) is 0 Å². The van der Waals surface area contributed by atoms with Gasteiger partial charge >= 0.3 is 5.97 Å². The van der Waals surface area contributed by atoms with Crippen LogP contribution in [0.4, 0.5) is 8.78 Å². The van der Waals surface area contributed by atoms with E-state index in [9.17, 15) is 13.6 Å². The van der Waals surface area contributed by atoms with E-state index in [2.05, 4.69) is 0 Å². The van der Waals surface area contributed by atoms with Crippen LogP contribution in [0.3, 0.4) is 0 Å². The summed E-state index contributed by atoms with van der Waals surface area (Å²) in [6.45, 7) is 0. The highest BCUT2D eigenvalue weighted by atomic mass is 19.3. The van der Waals surface area contributed by atoms with Crippen molar-refractivity contribution >= 4 is 5.97 Å². The van der Waals surface area contributed by atoms with Crippen LogP contribution in [0.15, 0.2) is 0 Å². The van der Waals surface area contributed by atoms with Crippen LogP contribution in [-0.2, 0) is 4.79 Å². The van der Waals surface area contributed by atoms with E-state index in [1.165, 1.54) is 0 Å². The molecule has 1 unspecified atom stereocenters. The summed E-state index contributed by atoms with van der Waals surface area (Å²) < 4.78 is 25.5. The van der Waals surface area contributed by atoms with Crippen LogP contribution >= 0.6 is 0 Å². The summed E-state index contributed by atoms with van der Waals surface area (Å²) in [7, 11) is 0. The summed E-state index contributed by atoms with van der Waals surface area (Å²) in [6, 6.07) is -0.910. The molecule has 1 aliphatic rings. The monoisotopic (exact) mass is 207 g/mol. The predicted molar refractivity (Wildman–Crippen MR) is 47.1 cm³/mol. The van der Waals surface area contributed by atoms with Gasteiger partial charge in [-0.15, -0.1) is 0 Å². The topological polar surface area (TPSA) is 63.3 Å². The molecule has 0 aromatic carbocycles. The number of hydrogen-bond donors (Lipinski definition) is 2. The zero-order chi connectivity index (χ0) is 10.8. The Labute approximate surface area is 81.3 Å². The molecule has 3 N–H and O–H groups in total. The first kappa shape index (κ1) is 11.4. The zero-order valence-electron chi connectivity index (χ0n) is 7.88. The van der Waals surface area contributed by atoms with Crippen LogP contribution < -0.4 is 5.73 Å². The molecule has 1 saturated carbocycles. The molecule has 14 heavy (non-hydrogen) atoms. The molecule has 82 valence electrons. The Morgan fingerprint density at radius 2 is 2.00 bits per heavy atom. The third-order valence-electron chi connectivity index (χ3n) is 2.74. The van der Waals surface area contributed by atoms with Gasteiger partial charge in [-0.1, -0.05) is 0 Å². The van der Waals surface area contributed by atoms with Crippen molar-refractivity contribution in [1.82, 2.24) is 0 Å². The Hall–Kier alpha value is -0.710. The van der Waals surface area contributed by atoms with Crippen LogP contribution in [-0.4, -0.2) is 23.0 Å². The minimum Gasteiger partial charge on any atom is -0.480 e. The van der Waals surface area contributed by atoms with Gasteiger partial charge in [0.2, 0.25) is 5.92 Å². The van der Waals surface area contributed by atoms with E-state index < -0.39 is 17.9 Å². The lowest BCUT2D eigenvalue weighted by molar-refractivity contribution is -0.139. The molecular formula is C9H15F2NO2. The minimum absolute atomic E-state index is 0.0423. The maximum atomic E-state index is 12.7. The number of aliphatic carboxylic acids is 1. The smallest absolute Gasteiger partial charge is 0.320 e. The van der Waals surface area contributed by atoms with Gasteiger partial charge in [-0.3, -0.25) is 4.79 Å². The first-order chi connectivity index (χ1) is 6.41. The van der Waals surface area contributed by atoms with Gasteiger partial charge < -0.3 is 10.8 Å². The SMILES string of the molecule is NC(CC1CCC(F)(F)CC1)C(=O)O. The van der Waals surface area contributed by atoms with Crippen molar-refractivity contribution in [2.24, 2.45) is 11.7 Å². The van der Waals surface area contributed by atoms with Crippen molar-refractivity contribution in [2.75, 3.05) is 0 Å². The highest BCUT2D eigenvalue weighted by molar-refractivity contribution is 5.73. The fraction of sp³-hybridized carbons (Fsp3) is 0.889. The first-order valence-electron chi connectivity index (χ1n) is 4.77. The number of rotatable bonds is 3. The van der Waals surface area contributed by atoms with Gasteiger partial charge in [0.1, 0.15) is 6.04 Å². The second-order valence-electron chi connectivity index (χ2n) is 3.98. The zero-order valence-corrected chi connectivity index (χ0v) is 7.88. The number of hydrogen-bond acceptors (Lipinski definition) is 2. The molecule has 1 aliphatic carbocycles. The Morgan fingerprint density at radius 1 is 1.50 bits per heavy atom. The highest BCUT2D eigenvalue weighted by Crippen LogP contribution is 2.37. The van der Waals surface area contributed by atoms with Gasteiger partial charge in [0, 0.05) is 12.8 Å². The molecule has 0 aliphatic heterocycles. The largest absolute Gasteiger partial charge is 0.480 e. The maximum absolute atomic E-state index is 12.7. The van der Waals surface area contributed by atoms with E-state index in [-0.39, 0.29) is 18.8 Å². The molecule has 0 amide bonds. The third kappa shape index (κ3) is 3.21. The summed E-state index contributed by atoms with van der Waals surface area (Å²) in [6.07, 6.45) is 0.807. The van der Waals surface area contributed by atoms with E-state index >= 15 is 0 Å². The lowest BCUT2D eigenvalue weighted by Crippen LogP contribution is -2.34. The molecule has 1 rings (SSSR count). The molecule has 0 radical (unpaired) electrons. The average Bonchev–Trinajstić information content (AvgIpc) is 2.08. The van der Waals surface area contributed by atoms with E-state index in [1.807, 2.05) is 0 Å². The second-order valence-corrected chi connectivity index (χ2v) is 3.98. The number of halogens is 2. The minimum atomic E-state index is -2.55. The summed E-state index contributed by atoms with van der Waals surface area (Å²) >= 11 is 0. The lowest BCUT2D eigenvalue weighted by atomic mass is 9.83. The molecule has 0 saturated heterocycles. The van der Waals surface area contributed by atoms with E-state index in [0.717, 1.165) is 0 Å². The number of alkyl halides is 2. The Balaban J connectivity index is 2.32. The molecular weight excluding hydrogens is 192 g/mol. The molecule has 0 spiro atoms. The van der Waals surface area contributed by atoms with Gasteiger partial charge in [-0.2, -0.15) is 0 Å². The Bertz CT molecular complexity index is 211. The fourth-order valence-corrected chi connectivity index (χ4v) is 1.80. The standard InChI is InChI=1S/C9H15F2NO2/c10-9(11)3-1-6(2-4-9)5-7(12)8(13)14/h6-7H,1-5,12H2,(H,13,14). The molecule has 5 heteroatoms. The van der Waals surface area contributed by atoms with E-state index in [4.69, 9.17) is 10.8 Å². The molecule has 0 heterocycles. The van der Waals surface area contributed by atoms with Gasteiger partial charge in [-0.25, -0.2) is 8.78 Å². The van der Waals surface area contributed by atoms with Crippen LogP contribution in [0.25, 0.3) is 0 Å². The van der Waals surface area contributed by atoms with Gasteiger partial charge in [0.15, 0.2) is 0 Å². The quantitative estimate of drug-likeness (QED) is 0.739. The van der Waals surface area contributed by atoms with E-state index in [0.29, 0.717) is 19.3 Å². The van der Waals surface area contributed by atoms with E-state index in [1.54, 1.807) is 0 Å². The summed E-state index contributed by atoms with van der Waals surface area (Å²) in [4.78, 5) is 10.4. The number of nitrogens with two attached hydrogens (primary N) is 1. The van der Waals surface area contributed by atoms with Gasteiger partial charge in [-0.05, 0) is 25.2 Å². The van der Waals surface area contributed by atoms with Crippen molar-refractivity contribution in [1.29, 1.82) is 0 Å². The predicted octanol–water partition coefficient (Wildman–Crippen LogP) is 1.61. The average molecular weight is 207 g/mol. The van der Waals surface area contributed by atoms with Crippen molar-refractivity contribution in [3.05, 3.63) is 0 Å². The van der Waals surface area contributed by atoms with Crippen LogP contribution in [0.2, 0.25) is 0 Å². The molecule has 1 atom stereocenters. The number of carboxylic acid groups (broad SMARTS) is 1. The van der Waals surface area contributed by atoms with Crippen LogP contribution in [0.5, 0.6) is 0 Å². The molecule has 3 nitrogen and oxygen atoms in total. The molecule has 0 aromatic rings. The normalized spacial score (nSPS) is 24.5. The maximum Gasteiger partial charge on any atom is 0.320 e. The Kier molecular flexibility index (Phi) is 3.42. The molecule has 0 bridgehead atoms. The molecule has 1 fully saturated rings. The third-order valence-corrected chi connectivity index (χ3v) is 2.74. The summed E-state index contributed by atoms with van der Waals surface area (Å²) in [5, 5.41) is 8.54. The first-order valence-corrected chi connectivity index (χ1v) is 4.77. The van der Waals surface area contributed by atoms with Crippen LogP contribution in [0, 0.1) is 5.92 Å². The summed E-state index contributed by atoms with van der Waals surface area (Å²) in [5.74, 6) is -3.56. The number of carbonyl (C=O) groups is 1. The van der Waals surface area contributed by atoms with Crippen molar-refractivity contribution in [2.45, 2.75) is 44.1 Å². The van der Waals surface area contributed by atoms with Crippen LogP contribution in [0.1, 0.15) is 32.1 Å².